The van der Waals surface area contributed by atoms with Gasteiger partial charge in [-0.2, -0.15) is 0 Å². The Morgan fingerprint density at radius 3 is 2.76 bits per heavy atom. The summed E-state index contributed by atoms with van der Waals surface area (Å²) in [4.78, 5) is 28.4. The van der Waals surface area contributed by atoms with Crippen molar-refractivity contribution < 1.29 is 9.90 Å². The van der Waals surface area contributed by atoms with E-state index < -0.39 is 5.97 Å². The number of aromatic nitrogens is 2. The van der Waals surface area contributed by atoms with E-state index in [9.17, 15) is 14.7 Å². The van der Waals surface area contributed by atoms with Crippen LogP contribution in [-0.2, 0) is 6.54 Å². The topological polar surface area (TPSA) is 78.3 Å². The molecule has 6 heteroatoms. The van der Waals surface area contributed by atoms with Crippen molar-refractivity contribution >= 4 is 17.0 Å². The van der Waals surface area contributed by atoms with Gasteiger partial charge in [0.2, 0.25) is 0 Å². The number of aromatic amines is 1. The first-order valence-corrected chi connectivity index (χ1v) is 7.19. The second-order valence-corrected chi connectivity index (χ2v) is 5.79. The Morgan fingerprint density at radius 2 is 2.10 bits per heavy atom. The van der Waals surface area contributed by atoms with Crippen molar-refractivity contribution in [3.05, 3.63) is 34.2 Å². The molecule has 1 aliphatic rings. The number of carbonyl (C=O) groups is 1. The number of carboxylic acid groups (broad SMARTS) is 1. The molecular weight excluding hydrogens is 270 g/mol. The first-order chi connectivity index (χ1) is 10.1. The molecule has 2 N–H and O–H groups in total. The zero-order valence-corrected chi connectivity index (χ0v) is 12.0. The molecule has 2 aromatic rings. The second-order valence-electron chi connectivity index (χ2n) is 5.79. The quantitative estimate of drug-likeness (QED) is 0.894. The molecule has 0 spiro atoms. The van der Waals surface area contributed by atoms with Crippen molar-refractivity contribution in [2.75, 3.05) is 20.1 Å². The summed E-state index contributed by atoms with van der Waals surface area (Å²) in [7, 11) is 2.10. The van der Waals surface area contributed by atoms with Crippen molar-refractivity contribution in [2.45, 2.75) is 19.4 Å². The summed E-state index contributed by atoms with van der Waals surface area (Å²) >= 11 is 0. The molecule has 0 bridgehead atoms. The first kappa shape index (κ1) is 13.9. The van der Waals surface area contributed by atoms with Gasteiger partial charge in [-0.1, -0.05) is 6.07 Å². The van der Waals surface area contributed by atoms with E-state index in [0.29, 0.717) is 23.5 Å². The molecule has 21 heavy (non-hydrogen) atoms. The van der Waals surface area contributed by atoms with Crippen LogP contribution in [0.15, 0.2) is 23.0 Å². The predicted octanol–water partition coefficient (Wildman–Crippen LogP) is 1.37. The van der Waals surface area contributed by atoms with Crippen LogP contribution in [0.2, 0.25) is 0 Å². The van der Waals surface area contributed by atoms with Gasteiger partial charge in [0.05, 0.1) is 16.6 Å². The molecule has 0 amide bonds. The Balaban J connectivity index is 1.96. The van der Waals surface area contributed by atoms with Crippen LogP contribution in [0.1, 0.15) is 23.2 Å². The fourth-order valence-electron chi connectivity index (χ4n) is 3.04. The van der Waals surface area contributed by atoms with Gasteiger partial charge in [-0.25, -0.2) is 9.59 Å². The van der Waals surface area contributed by atoms with E-state index in [1.165, 1.54) is 6.07 Å². The molecule has 0 saturated carbocycles. The summed E-state index contributed by atoms with van der Waals surface area (Å²) in [5.41, 5.74) is 1.02. The number of nitrogens with zero attached hydrogens (tertiary/aromatic N) is 2. The van der Waals surface area contributed by atoms with Crippen molar-refractivity contribution in [1.82, 2.24) is 14.5 Å². The Morgan fingerprint density at radius 1 is 1.38 bits per heavy atom. The normalized spacial score (nSPS) is 17.4. The number of carboxylic acids is 1. The highest BCUT2D eigenvalue weighted by Crippen LogP contribution is 2.21. The second kappa shape index (κ2) is 5.37. The summed E-state index contributed by atoms with van der Waals surface area (Å²) in [5, 5.41) is 9.20. The Hall–Kier alpha value is -2.08. The third kappa shape index (κ3) is 2.58. The van der Waals surface area contributed by atoms with Crippen molar-refractivity contribution in [3.8, 4) is 0 Å². The maximum Gasteiger partial charge on any atom is 0.337 e. The summed E-state index contributed by atoms with van der Waals surface area (Å²) in [6.45, 7) is 2.74. The minimum Gasteiger partial charge on any atom is -0.478 e. The summed E-state index contributed by atoms with van der Waals surface area (Å²) in [5.74, 6) is -0.556. The molecule has 0 radical (unpaired) electrons. The Bertz CT molecular complexity index is 723. The number of para-hydroxylation sites is 1. The molecule has 2 heterocycles. The Labute approximate surface area is 122 Å². The standard InChI is InChI=1S/C15H19N3O3/c1-17-7-5-10(6-8-17)9-18-12-4-2-3-11(14(19)20)13(12)16-15(18)21/h2-4,10H,5-9H2,1H3,(H,16,21)(H,19,20). The summed E-state index contributed by atoms with van der Waals surface area (Å²) < 4.78 is 1.68. The molecule has 6 nitrogen and oxygen atoms in total. The van der Waals surface area contributed by atoms with E-state index in [1.807, 2.05) is 0 Å². The van der Waals surface area contributed by atoms with E-state index in [4.69, 9.17) is 0 Å². The highest BCUT2D eigenvalue weighted by Gasteiger charge is 2.20. The van der Waals surface area contributed by atoms with Crippen molar-refractivity contribution in [1.29, 1.82) is 0 Å². The lowest BCUT2D eigenvalue weighted by Gasteiger charge is -2.29. The highest BCUT2D eigenvalue weighted by molar-refractivity contribution is 6.00. The van der Waals surface area contributed by atoms with Gasteiger partial charge in [0.25, 0.3) is 0 Å². The number of rotatable bonds is 3. The molecule has 112 valence electrons. The monoisotopic (exact) mass is 289 g/mol. The summed E-state index contributed by atoms with van der Waals surface area (Å²) in [6, 6.07) is 5.00. The summed E-state index contributed by atoms with van der Waals surface area (Å²) in [6.07, 6.45) is 2.13. The molecule has 0 atom stereocenters. The lowest BCUT2D eigenvalue weighted by molar-refractivity contribution is 0.0699. The van der Waals surface area contributed by atoms with Gasteiger partial charge in [0.15, 0.2) is 0 Å². The van der Waals surface area contributed by atoms with Crippen molar-refractivity contribution in [3.63, 3.8) is 0 Å². The third-order valence-electron chi connectivity index (χ3n) is 4.32. The van der Waals surface area contributed by atoms with Crippen LogP contribution in [0.25, 0.3) is 11.0 Å². The number of nitrogens with one attached hydrogen (secondary N) is 1. The number of benzene rings is 1. The average molecular weight is 289 g/mol. The highest BCUT2D eigenvalue weighted by atomic mass is 16.4. The van der Waals surface area contributed by atoms with Crippen LogP contribution in [0.4, 0.5) is 0 Å². The molecule has 1 aromatic heterocycles. The maximum absolute atomic E-state index is 12.2. The molecule has 1 saturated heterocycles. The number of aromatic carboxylic acids is 1. The van der Waals surface area contributed by atoms with Gasteiger partial charge >= 0.3 is 11.7 Å². The van der Waals surface area contributed by atoms with E-state index >= 15 is 0 Å². The van der Waals surface area contributed by atoms with Gasteiger partial charge in [-0.3, -0.25) is 4.57 Å². The fraction of sp³-hybridized carbons (Fsp3) is 0.467. The molecule has 0 unspecified atom stereocenters. The minimum absolute atomic E-state index is 0.145. The van der Waals surface area contributed by atoms with Gasteiger partial charge < -0.3 is 15.0 Å². The molecular formula is C15H19N3O3. The maximum atomic E-state index is 12.2. The van der Waals surface area contributed by atoms with Crippen LogP contribution in [0.3, 0.4) is 0 Å². The number of hydrogen-bond donors (Lipinski definition) is 2. The minimum atomic E-state index is -1.02. The SMILES string of the molecule is CN1CCC(Cn2c(=O)[nH]c3c(C(=O)O)cccc32)CC1. The van der Waals surface area contributed by atoms with Crippen LogP contribution >= 0.6 is 0 Å². The number of likely N-dealkylation sites (tertiary alicyclic amines) is 1. The van der Waals surface area contributed by atoms with Gasteiger partial charge in [0, 0.05) is 6.54 Å². The molecule has 1 fully saturated rings. The lowest BCUT2D eigenvalue weighted by Crippen LogP contribution is -2.33. The van der Waals surface area contributed by atoms with Crippen molar-refractivity contribution in [2.24, 2.45) is 5.92 Å². The van der Waals surface area contributed by atoms with Gasteiger partial charge in [-0.05, 0) is 51.0 Å². The van der Waals surface area contributed by atoms with Gasteiger partial charge in [-0.15, -0.1) is 0 Å². The van der Waals surface area contributed by atoms with Crippen LogP contribution in [0, 0.1) is 5.92 Å². The molecule has 1 aliphatic heterocycles. The molecule has 0 aliphatic carbocycles. The predicted molar refractivity (Wildman–Crippen MR) is 79.7 cm³/mol. The van der Waals surface area contributed by atoms with Crippen LogP contribution in [-0.4, -0.2) is 45.7 Å². The number of H-pyrrole nitrogens is 1. The first-order valence-electron chi connectivity index (χ1n) is 7.19. The molecule has 1 aromatic carbocycles. The van der Waals surface area contributed by atoms with E-state index in [1.54, 1.807) is 16.7 Å². The molecule has 3 rings (SSSR count). The largest absolute Gasteiger partial charge is 0.478 e. The number of fused-ring (bicyclic) bond motifs is 1. The number of imidazole rings is 1. The third-order valence-corrected chi connectivity index (χ3v) is 4.32. The van der Waals surface area contributed by atoms with E-state index in [-0.39, 0.29) is 11.3 Å². The van der Waals surface area contributed by atoms with E-state index in [2.05, 4.69) is 16.9 Å². The van der Waals surface area contributed by atoms with E-state index in [0.717, 1.165) is 25.9 Å². The fourth-order valence-corrected chi connectivity index (χ4v) is 3.04. The Kier molecular flexibility index (Phi) is 3.55. The zero-order chi connectivity index (χ0) is 15.0. The number of piperidine rings is 1. The number of hydrogen-bond acceptors (Lipinski definition) is 3. The average Bonchev–Trinajstić information content (AvgIpc) is 2.77. The van der Waals surface area contributed by atoms with Gasteiger partial charge in [0.1, 0.15) is 0 Å². The lowest BCUT2D eigenvalue weighted by atomic mass is 9.97. The van der Waals surface area contributed by atoms with Crippen LogP contribution < -0.4 is 5.69 Å². The smallest absolute Gasteiger partial charge is 0.337 e. The van der Waals surface area contributed by atoms with Crippen LogP contribution in [0.5, 0.6) is 0 Å². The zero-order valence-electron chi connectivity index (χ0n) is 12.0.